The van der Waals surface area contributed by atoms with Gasteiger partial charge in [-0.3, -0.25) is 0 Å². The van der Waals surface area contributed by atoms with E-state index in [-0.39, 0.29) is 5.41 Å². The summed E-state index contributed by atoms with van der Waals surface area (Å²) in [5.74, 6) is 0.703. The Morgan fingerprint density at radius 3 is 2.41 bits per heavy atom. The van der Waals surface area contributed by atoms with Crippen LogP contribution in [0.1, 0.15) is 78.8 Å². The third-order valence-electron chi connectivity index (χ3n) is 7.91. The highest BCUT2D eigenvalue weighted by Crippen LogP contribution is 2.53. The van der Waals surface area contributed by atoms with Crippen molar-refractivity contribution in [2.24, 2.45) is 0 Å². The number of benzene rings is 3. The molecule has 0 amide bonds. The lowest BCUT2D eigenvalue weighted by Crippen LogP contribution is -2.35. The maximum absolute atomic E-state index is 2.51. The molecule has 0 bridgehead atoms. The Bertz CT molecular complexity index is 1060. The Labute approximate surface area is 176 Å². The third kappa shape index (κ3) is 2.72. The predicted octanol–water partition coefficient (Wildman–Crippen LogP) is 7.74. The molecule has 0 nitrogen and oxygen atoms in total. The van der Waals surface area contributed by atoms with Gasteiger partial charge in [0.2, 0.25) is 0 Å². The molecule has 2 atom stereocenters. The van der Waals surface area contributed by atoms with E-state index in [1.54, 1.807) is 22.3 Å². The summed E-state index contributed by atoms with van der Waals surface area (Å²) in [5.41, 5.74) is 12.6. The summed E-state index contributed by atoms with van der Waals surface area (Å²) < 4.78 is 0. The van der Waals surface area contributed by atoms with Gasteiger partial charge in [-0.15, -0.1) is 0 Å². The highest BCUT2D eigenvalue weighted by Gasteiger charge is 2.42. The largest absolute Gasteiger partial charge is 0.0648 e. The highest BCUT2D eigenvalue weighted by atomic mass is 14.4. The monoisotopic (exact) mass is 380 g/mol. The molecule has 0 spiro atoms. The maximum atomic E-state index is 2.51. The summed E-state index contributed by atoms with van der Waals surface area (Å²) in [6.07, 6.45) is 7.38. The fraction of sp³-hybridized carbons (Fsp3) is 0.379. The fourth-order valence-corrected chi connectivity index (χ4v) is 6.39. The van der Waals surface area contributed by atoms with E-state index in [2.05, 4.69) is 81.4 Å². The van der Waals surface area contributed by atoms with E-state index in [1.165, 1.54) is 60.8 Å². The molecule has 29 heavy (non-hydrogen) atoms. The van der Waals surface area contributed by atoms with Crippen molar-refractivity contribution in [1.82, 2.24) is 0 Å². The van der Waals surface area contributed by atoms with Crippen LogP contribution in [0.2, 0.25) is 0 Å². The van der Waals surface area contributed by atoms with Crippen molar-refractivity contribution in [1.29, 1.82) is 0 Å². The van der Waals surface area contributed by atoms with Crippen LogP contribution in [-0.2, 0) is 18.3 Å². The minimum atomic E-state index is 0.165. The van der Waals surface area contributed by atoms with Crippen molar-refractivity contribution in [3.05, 3.63) is 94.0 Å². The number of rotatable bonds is 3. The number of aryl methyl sites for hydroxylation is 2. The molecule has 0 heterocycles. The van der Waals surface area contributed by atoms with Crippen LogP contribution in [0.3, 0.4) is 0 Å². The van der Waals surface area contributed by atoms with Crippen molar-refractivity contribution >= 4 is 0 Å². The van der Waals surface area contributed by atoms with E-state index < -0.39 is 0 Å². The van der Waals surface area contributed by atoms with Gasteiger partial charge in [0.15, 0.2) is 0 Å². The fourth-order valence-electron chi connectivity index (χ4n) is 6.39. The van der Waals surface area contributed by atoms with Crippen LogP contribution >= 0.6 is 0 Å². The molecule has 0 saturated heterocycles. The summed E-state index contributed by atoms with van der Waals surface area (Å²) >= 11 is 0. The van der Waals surface area contributed by atoms with Gasteiger partial charge in [-0.2, -0.15) is 0 Å². The molecule has 5 rings (SSSR count). The van der Waals surface area contributed by atoms with E-state index in [4.69, 9.17) is 0 Å². The average Bonchev–Trinajstić information content (AvgIpc) is 2.78. The van der Waals surface area contributed by atoms with Gasteiger partial charge < -0.3 is 0 Å². The van der Waals surface area contributed by atoms with Crippen LogP contribution in [0.4, 0.5) is 0 Å². The van der Waals surface area contributed by atoms with Gasteiger partial charge in [0.25, 0.3) is 0 Å². The Balaban J connectivity index is 1.78. The molecule has 0 heteroatoms. The van der Waals surface area contributed by atoms with Crippen LogP contribution in [0.25, 0.3) is 11.1 Å². The molecule has 0 aliphatic heterocycles. The molecular weight excluding hydrogens is 348 g/mol. The van der Waals surface area contributed by atoms with Gasteiger partial charge in [-0.1, -0.05) is 74.5 Å². The van der Waals surface area contributed by atoms with Gasteiger partial charge in [0.1, 0.15) is 0 Å². The van der Waals surface area contributed by atoms with Crippen molar-refractivity contribution in [2.45, 2.75) is 70.6 Å². The van der Waals surface area contributed by atoms with E-state index in [0.29, 0.717) is 5.92 Å². The summed E-state index contributed by atoms with van der Waals surface area (Å²) in [4.78, 5) is 0. The number of hydrogen-bond donors (Lipinski definition) is 0. The SMILES string of the molecule is CCC1CCC(CC)(c2ccccc2C)c2ccc3c(c21)CCc1ccccc1-3. The second kappa shape index (κ2) is 7.17. The molecule has 0 aromatic heterocycles. The molecule has 0 fully saturated rings. The minimum Gasteiger partial charge on any atom is -0.0648 e. The second-order valence-electron chi connectivity index (χ2n) is 9.10. The van der Waals surface area contributed by atoms with Crippen molar-refractivity contribution < 1.29 is 0 Å². The highest BCUT2D eigenvalue weighted by molar-refractivity contribution is 5.76. The molecule has 148 valence electrons. The predicted molar refractivity (Wildman–Crippen MR) is 124 cm³/mol. The first-order valence-corrected chi connectivity index (χ1v) is 11.5. The van der Waals surface area contributed by atoms with Crippen LogP contribution in [0.5, 0.6) is 0 Å². The molecule has 0 saturated carbocycles. The normalized spacial score (nSPS) is 22.5. The van der Waals surface area contributed by atoms with E-state index >= 15 is 0 Å². The first kappa shape index (κ1) is 18.7. The van der Waals surface area contributed by atoms with Crippen molar-refractivity contribution in [3.8, 4) is 11.1 Å². The second-order valence-corrected chi connectivity index (χ2v) is 9.10. The zero-order valence-corrected chi connectivity index (χ0v) is 18.1. The zero-order valence-electron chi connectivity index (χ0n) is 18.1. The number of hydrogen-bond acceptors (Lipinski definition) is 0. The van der Waals surface area contributed by atoms with Gasteiger partial charge in [-0.05, 0) is 95.9 Å². The van der Waals surface area contributed by atoms with Crippen molar-refractivity contribution in [3.63, 3.8) is 0 Å². The van der Waals surface area contributed by atoms with E-state index in [9.17, 15) is 0 Å². The standard InChI is InChI=1S/C29H32/c1-4-21-18-19-29(5-2,26-13-9-6-10-20(26)3)27-17-16-24-23-12-8-7-11-22(23)14-15-25(24)28(21)27/h6-13,16-17,21H,4-5,14-15,18-19H2,1-3H3. The summed E-state index contributed by atoms with van der Waals surface area (Å²) in [5, 5.41) is 0. The molecule has 0 N–H and O–H groups in total. The summed E-state index contributed by atoms with van der Waals surface area (Å²) in [6.45, 7) is 7.08. The minimum absolute atomic E-state index is 0.165. The lowest BCUT2D eigenvalue weighted by molar-refractivity contribution is 0.372. The van der Waals surface area contributed by atoms with E-state index in [0.717, 1.165) is 0 Å². The zero-order chi connectivity index (χ0) is 20.0. The van der Waals surface area contributed by atoms with Crippen LogP contribution in [0, 0.1) is 6.92 Å². The topological polar surface area (TPSA) is 0 Å². The molecule has 3 aromatic carbocycles. The average molecular weight is 381 g/mol. The molecule has 3 aromatic rings. The first-order valence-electron chi connectivity index (χ1n) is 11.5. The lowest BCUT2D eigenvalue weighted by atomic mass is 9.59. The first-order chi connectivity index (χ1) is 14.2. The molecule has 2 aliphatic carbocycles. The molecule has 0 radical (unpaired) electrons. The lowest BCUT2D eigenvalue weighted by Gasteiger charge is -2.45. The number of fused-ring (bicyclic) bond motifs is 5. The maximum Gasteiger partial charge on any atom is 0.0206 e. The van der Waals surface area contributed by atoms with Gasteiger partial charge in [0.05, 0.1) is 0 Å². The van der Waals surface area contributed by atoms with Crippen LogP contribution in [0.15, 0.2) is 60.7 Å². The molecule has 2 aliphatic rings. The Hall–Kier alpha value is -2.34. The van der Waals surface area contributed by atoms with Gasteiger partial charge in [-0.25, -0.2) is 0 Å². The van der Waals surface area contributed by atoms with Crippen molar-refractivity contribution in [2.75, 3.05) is 0 Å². The Morgan fingerprint density at radius 1 is 0.828 bits per heavy atom. The quantitative estimate of drug-likeness (QED) is 0.436. The summed E-state index contributed by atoms with van der Waals surface area (Å²) in [7, 11) is 0. The smallest absolute Gasteiger partial charge is 0.0206 e. The summed E-state index contributed by atoms with van der Waals surface area (Å²) in [6, 6.07) is 23.1. The Kier molecular flexibility index (Phi) is 4.62. The molecular formula is C29H32. The van der Waals surface area contributed by atoms with E-state index in [1.807, 2.05) is 0 Å². The molecule has 2 unspecified atom stereocenters. The van der Waals surface area contributed by atoms with Gasteiger partial charge >= 0.3 is 0 Å². The Morgan fingerprint density at radius 2 is 1.62 bits per heavy atom. The van der Waals surface area contributed by atoms with Crippen LogP contribution < -0.4 is 0 Å². The third-order valence-corrected chi connectivity index (χ3v) is 7.91. The van der Waals surface area contributed by atoms with Crippen LogP contribution in [-0.4, -0.2) is 0 Å². The van der Waals surface area contributed by atoms with Gasteiger partial charge in [0, 0.05) is 5.41 Å².